The molecule has 0 atom stereocenters. The minimum absolute atomic E-state index is 0.0693. The van der Waals surface area contributed by atoms with Crippen molar-refractivity contribution in [1.82, 2.24) is 9.97 Å². The molecule has 2 heterocycles. The summed E-state index contributed by atoms with van der Waals surface area (Å²) in [5.74, 6) is 1.40. The average Bonchev–Trinajstić information content (AvgIpc) is 3.15. The standard InChI is InChI=1S/C19H21N3O2/c1-2-24-17-7-5-6-16(12-17)18(23)9-8-15-13-20-19(21-14-15)22-10-3-4-11-22/h5-9,12-14H,2-4,10-11H2,1H3/b9-8+. The normalized spacial score (nSPS) is 14.3. The molecule has 0 bridgehead atoms. The molecule has 24 heavy (non-hydrogen) atoms. The van der Waals surface area contributed by atoms with Crippen molar-refractivity contribution >= 4 is 17.8 Å². The number of aromatic nitrogens is 2. The molecule has 5 heteroatoms. The Balaban J connectivity index is 1.66. The highest BCUT2D eigenvalue weighted by Gasteiger charge is 2.14. The van der Waals surface area contributed by atoms with Crippen molar-refractivity contribution in [3.8, 4) is 5.75 Å². The highest BCUT2D eigenvalue weighted by atomic mass is 16.5. The number of allylic oxidation sites excluding steroid dienone is 1. The Labute approximate surface area is 142 Å². The van der Waals surface area contributed by atoms with Gasteiger partial charge in [-0.2, -0.15) is 0 Å². The second-order valence-electron chi connectivity index (χ2n) is 5.67. The molecule has 1 aliphatic rings. The van der Waals surface area contributed by atoms with E-state index >= 15 is 0 Å². The summed E-state index contributed by atoms with van der Waals surface area (Å²) in [7, 11) is 0. The first-order valence-corrected chi connectivity index (χ1v) is 8.28. The summed E-state index contributed by atoms with van der Waals surface area (Å²) in [6.45, 7) is 4.53. The largest absolute Gasteiger partial charge is 0.494 e. The van der Waals surface area contributed by atoms with Crippen molar-refractivity contribution in [2.24, 2.45) is 0 Å². The van der Waals surface area contributed by atoms with Crippen LogP contribution in [0.2, 0.25) is 0 Å². The van der Waals surface area contributed by atoms with Gasteiger partial charge in [-0.05, 0) is 44.1 Å². The van der Waals surface area contributed by atoms with Crippen molar-refractivity contribution in [2.45, 2.75) is 19.8 Å². The van der Waals surface area contributed by atoms with Crippen LogP contribution in [0.4, 0.5) is 5.95 Å². The van der Waals surface area contributed by atoms with Crippen LogP contribution in [0.15, 0.2) is 42.7 Å². The number of carbonyl (C=O) groups excluding carboxylic acids is 1. The Morgan fingerprint density at radius 2 is 2.00 bits per heavy atom. The fraction of sp³-hybridized carbons (Fsp3) is 0.316. The van der Waals surface area contributed by atoms with Crippen LogP contribution in [0.3, 0.4) is 0 Å². The maximum atomic E-state index is 12.3. The van der Waals surface area contributed by atoms with Gasteiger partial charge in [0.2, 0.25) is 5.95 Å². The molecule has 1 aliphatic heterocycles. The molecule has 2 aromatic rings. The van der Waals surface area contributed by atoms with Gasteiger partial charge in [0.15, 0.2) is 5.78 Å². The first kappa shape index (κ1) is 16.2. The van der Waals surface area contributed by atoms with Gasteiger partial charge >= 0.3 is 0 Å². The molecular weight excluding hydrogens is 302 g/mol. The second-order valence-corrected chi connectivity index (χ2v) is 5.67. The van der Waals surface area contributed by atoms with Crippen LogP contribution in [0.5, 0.6) is 5.75 Å². The van der Waals surface area contributed by atoms with Gasteiger partial charge < -0.3 is 9.64 Å². The number of rotatable bonds is 6. The Kier molecular flexibility index (Phi) is 5.21. The van der Waals surface area contributed by atoms with E-state index in [0.717, 1.165) is 24.6 Å². The molecule has 0 radical (unpaired) electrons. The molecule has 0 N–H and O–H groups in total. The summed E-state index contributed by atoms with van der Waals surface area (Å²) in [6, 6.07) is 7.19. The summed E-state index contributed by atoms with van der Waals surface area (Å²) >= 11 is 0. The van der Waals surface area contributed by atoms with Gasteiger partial charge in [0.05, 0.1) is 6.61 Å². The molecule has 0 aliphatic carbocycles. The monoisotopic (exact) mass is 323 g/mol. The molecule has 0 spiro atoms. The lowest BCUT2D eigenvalue weighted by molar-refractivity contribution is 0.104. The van der Waals surface area contributed by atoms with Crippen molar-refractivity contribution in [3.05, 3.63) is 53.9 Å². The number of ketones is 1. The number of ether oxygens (including phenoxy) is 1. The smallest absolute Gasteiger partial charge is 0.225 e. The summed E-state index contributed by atoms with van der Waals surface area (Å²) in [5, 5.41) is 0. The quantitative estimate of drug-likeness (QED) is 0.602. The number of hydrogen-bond acceptors (Lipinski definition) is 5. The highest BCUT2D eigenvalue weighted by molar-refractivity contribution is 6.07. The zero-order chi connectivity index (χ0) is 16.8. The minimum atomic E-state index is -0.0693. The fourth-order valence-corrected chi connectivity index (χ4v) is 2.67. The van der Waals surface area contributed by atoms with E-state index in [0.29, 0.717) is 17.9 Å². The van der Waals surface area contributed by atoms with E-state index in [1.165, 1.54) is 12.8 Å². The molecule has 3 rings (SSSR count). The predicted octanol–water partition coefficient (Wildman–Crippen LogP) is 3.37. The van der Waals surface area contributed by atoms with Crippen molar-refractivity contribution < 1.29 is 9.53 Å². The highest BCUT2D eigenvalue weighted by Crippen LogP contribution is 2.16. The first-order valence-electron chi connectivity index (χ1n) is 8.28. The van der Waals surface area contributed by atoms with Gasteiger partial charge in [0.25, 0.3) is 0 Å². The Hall–Kier alpha value is -2.69. The van der Waals surface area contributed by atoms with Gasteiger partial charge in [-0.15, -0.1) is 0 Å². The van der Waals surface area contributed by atoms with E-state index in [4.69, 9.17) is 4.74 Å². The summed E-state index contributed by atoms with van der Waals surface area (Å²) in [6.07, 6.45) is 9.17. The van der Waals surface area contributed by atoms with Gasteiger partial charge in [-0.1, -0.05) is 12.1 Å². The lowest BCUT2D eigenvalue weighted by Gasteiger charge is -2.14. The number of anilines is 1. The predicted molar refractivity (Wildman–Crippen MR) is 94.5 cm³/mol. The maximum absolute atomic E-state index is 12.3. The SMILES string of the molecule is CCOc1cccc(C(=O)/C=C/c2cnc(N3CCCC3)nc2)c1. The molecule has 5 nitrogen and oxygen atoms in total. The first-order chi connectivity index (χ1) is 11.8. The van der Waals surface area contributed by atoms with Gasteiger partial charge in [-0.3, -0.25) is 4.79 Å². The topological polar surface area (TPSA) is 55.3 Å². The van der Waals surface area contributed by atoms with Crippen LogP contribution in [0, 0.1) is 0 Å². The molecular formula is C19H21N3O2. The van der Waals surface area contributed by atoms with Crippen LogP contribution in [-0.4, -0.2) is 35.4 Å². The van der Waals surface area contributed by atoms with Crippen LogP contribution in [0.25, 0.3) is 6.08 Å². The van der Waals surface area contributed by atoms with E-state index < -0.39 is 0 Å². The average molecular weight is 323 g/mol. The molecule has 1 aromatic carbocycles. The van der Waals surface area contributed by atoms with Crippen LogP contribution in [0.1, 0.15) is 35.7 Å². The van der Waals surface area contributed by atoms with Crippen molar-refractivity contribution in [1.29, 1.82) is 0 Å². The third-order valence-corrected chi connectivity index (χ3v) is 3.90. The molecule has 1 saturated heterocycles. The summed E-state index contributed by atoms with van der Waals surface area (Å²) < 4.78 is 5.42. The second kappa shape index (κ2) is 7.73. The molecule has 0 amide bonds. The number of benzene rings is 1. The van der Waals surface area contributed by atoms with E-state index in [2.05, 4.69) is 14.9 Å². The molecule has 124 valence electrons. The maximum Gasteiger partial charge on any atom is 0.225 e. The number of nitrogens with zero attached hydrogens (tertiary/aromatic N) is 3. The lowest BCUT2D eigenvalue weighted by atomic mass is 10.1. The van der Waals surface area contributed by atoms with E-state index in [1.54, 1.807) is 36.7 Å². The van der Waals surface area contributed by atoms with Crippen LogP contribution < -0.4 is 9.64 Å². The molecule has 1 aromatic heterocycles. The fourth-order valence-electron chi connectivity index (χ4n) is 2.67. The zero-order valence-corrected chi connectivity index (χ0v) is 13.8. The zero-order valence-electron chi connectivity index (χ0n) is 13.8. The van der Waals surface area contributed by atoms with E-state index in [9.17, 15) is 4.79 Å². The molecule has 0 saturated carbocycles. The van der Waals surface area contributed by atoms with Crippen molar-refractivity contribution in [3.63, 3.8) is 0 Å². The minimum Gasteiger partial charge on any atom is -0.494 e. The van der Waals surface area contributed by atoms with Crippen LogP contribution >= 0.6 is 0 Å². The van der Waals surface area contributed by atoms with Crippen molar-refractivity contribution in [2.75, 3.05) is 24.6 Å². The van der Waals surface area contributed by atoms with Gasteiger partial charge in [-0.25, -0.2) is 9.97 Å². The molecule has 1 fully saturated rings. The number of carbonyl (C=O) groups is 1. The Morgan fingerprint density at radius 1 is 1.25 bits per heavy atom. The van der Waals surface area contributed by atoms with E-state index in [1.807, 2.05) is 19.1 Å². The Morgan fingerprint density at radius 3 is 2.71 bits per heavy atom. The van der Waals surface area contributed by atoms with Gasteiger partial charge in [0, 0.05) is 36.6 Å². The van der Waals surface area contributed by atoms with Crippen LogP contribution in [-0.2, 0) is 0 Å². The van der Waals surface area contributed by atoms with E-state index in [-0.39, 0.29) is 5.78 Å². The summed E-state index contributed by atoms with van der Waals surface area (Å²) in [5.41, 5.74) is 1.42. The summed E-state index contributed by atoms with van der Waals surface area (Å²) in [4.78, 5) is 23.2. The third kappa shape index (κ3) is 3.98. The third-order valence-electron chi connectivity index (χ3n) is 3.90. The lowest BCUT2D eigenvalue weighted by Crippen LogP contribution is -2.20. The van der Waals surface area contributed by atoms with Gasteiger partial charge in [0.1, 0.15) is 5.75 Å². The number of hydrogen-bond donors (Lipinski definition) is 0. The Bertz CT molecular complexity index is 720. The molecule has 0 unspecified atom stereocenters.